The van der Waals surface area contributed by atoms with Gasteiger partial charge in [0.15, 0.2) is 9.84 Å². The highest BCUT2D eigenvalue weighted by molar-refractivity contribution is 7.91. The second-order valence-corrected chi connectivity index (χ2v) is 7.37. The summed E-state index contributed by atoms with van der Waals surface area (Å²) >= 11 is 0. The van der Waals surface area contributed by atoms with Crippen molar-refractivity contribution in [2.45, 2.75) is 30.2 Å². The van der Waals surface area contributed by atoms with Crippen LogP contribution in [0.2, 0.25) is 0 Å². The van der Waals surface area contributed by atoms with Gasteiger partial charge in [-0.05, 0) is 25.0 Å². The van der Waals surface area contributed by atoms with Gasteiger partial charge in [-0.2, -0.15) is 0 Å². The number of para-hydroxylation sites is 1. The molecule has 0 atom stereocenters. The Morgan fingerprint density at radius 3 is 2.55 bits per heavy atom. The van der Waals surface area contributed by atoms with E-state index in [1.165, 1.54) is 0 Å². The van der Waals surface area contributed by atoms with Gasteiger partial charge in [0.2, 0.25) is 0 Å². The number of benzene rings is 1. The minimum atomic E-state index is -3.25. The van der Waals surface area contributed by atoms with Crippen molar-refractivity contribution in [3.63, 3.8) is 0 Å². The number of rotatable bonds is 5. The number of nitrogens with one attached hydrogen (secondary N) is 1. The molecule has 6 heteroatoms. The molecule has 0 spiro atoms. The zero-order valence-electron chi connectivity index (χ0n) is 11.8. The number of sulfone groups is 1. The Bertz CT molecular complexity index is 551. The maximum absolute atomic E-state index is 12.2. The van der Waals surface area contributed by atoms with Gasteiger partial charge in [0.05, 0.1) is 21.9 Å². The first-order chi connectivity index (χ1) is 9.53. The first-order valence-corrected chi connectivity index (χ1v) is 8.56. The van der Waals surface area contributed by atoms with E-state index in [-0.39, 0.29) is 11.3 Å². The van der Waals surface area contributed by atoms with Gasteiger partial charge < -0.3 is 15.8 Å². The van der Waals surface area contributed by atoms with E-state index in [2.05, 4.69) is 5.32 Å². The van der Waals surface area contributed by atoms with Gasteiger partial charge in [0, 0.05) is 19.8 Å². The van der Waals surface area contributed by atoms with Crippen LogP contribution in [-0.4, -0.2) is 39.5 Å². The molecule has 1 aliphatic rings. The predicted octanol–water partition coefficient (Wildman–Crippen LogP) is 1.40. The highest BCUT2D eigenvalue weighted by atomic mass is 32.2. The van der Waals surface area contributed by atoms with Gasteiger partial charge in [0.25, 0.3) is 0 Å². The van der Waals surface area contributed by atoms with Crippen LogP contribution in [0.4, 0.5) is 5.69 Å². The molecule has 3 N–H and O–H groups in total. The number of hydrogen-bond acceptors (Lipinski definition) is 5. The monoisotopic (exact) mass is 298 g/mol. The summed E-state index contributed by atoms with van der Waals surface area (Å²) in [7, 11) is -3.25. The first-order valence-electron chi connectivity index (χ1n) is 6.91. The van der Waals surface area contributed by atoms with Crippen molar-refractivity contribution in [2.75, 3.05) is 30.8 Å². The van der Waals surface area contributed by atoms with Crippen LogP contribution in [0.1, 0.15) is 19.8 Å². The van der Waals surface area contributed by atoms with Crippen LogP contribution < -0.4 is 11.1 Å². The van der Waals surface area contributed by atoms with E-state index in [0.29, 0.717) is 30.3 Å². The maximum atomic E-state index is 12.2. The van der Waals surface area contributed by atoms with E-state index in [0.717, 1.165) is 12.8 Å². The molecule has 2 rings (SSSR count). The van der Waals surface area contributed by atoms with Crippen LogP contribution in [0.3, 0.4) is 0 Å². The number of hydrogen-bond donors (Lipinski definition) is 2. The minimum absolute atomic E-state index is 0.0877. The first kappa shape index (κ1) is 15.3. The summed E-state index contributed by atoms with van der Waals surface area (Å²) in [6.07, 6.45) is 1.56. The van der Waals surface area contributed by atoms with E-state index < -0.39 is 9.84 Å². The van der Waals surface area contributed by atoms with Crippen LogP contribution in [0.5, 0.6) is 0 Å². The smallest absolute Gasteiger partial charge is 0.180 e. The Hall–Kier alpha value is -1.11. The number of ether oxygens (including phenoxy) is 1. The Morgan fingerprint density at radius 2 is 1.95 bits per heavy atom. The van der Waals surface area contributed by atoms with E-state index in [1.54, 1.807) is 25.1 Å². The second-order valence-electron chi connectivity index (χ2n) is 5.12. The Labute approximate surface area is 120 Å². The molecule has 112 valence electrons. The molecule has 1 aromatic carbocycles. The normalized spacial score (nSPS) is 18.7. The Morgan fingerprint density at radius 1 is 1.30 bits per heavy atom. The molecule has 0 saturated carbocycles. The molecule has 1 heterocycles. The van der Waals surface area contributed by atoms with Gasteiger partial charge in [-0.25, -0.2) is 8.42 Å². The lowest BCUT2D eigenvalue weighted by molar-refractivity contribution is 0.0627. The quantitative estimate of drug-likeness (QED) is 0.859. The third-order valence-corrected chi connectivity index (χ3v) is 5.63. The molecule has 1 aromatic rings. The van der Waals surface area contributed by atoms with Crippen molar-refractivity contribution in [1.82, 2.24) is 0 Å². The van der Waals surface area contributed by atoms with Crippen molar-refractivity contribution in [3.05, 3.63) is 24.3 Å². The molecule has 20 heavy (non-hydrogen) atoms. The third kappa shape index (κ3) is 3.13. The van der Waals surface area contributed by atoms with Crippen LogP contribution in [0, 0.1) is 0 Å². The molecule has 0 radical (unpaired) electrons. The highest BCUT2D eigenvalue weighted by Crippen LogP contribution is 2.29. The Balaban J connectivity index is 2.34. The van der Waals surface area contributed by atoms with Crippen LogP contribution in [0.25, 0.3) is 0 Å². The van der Waals surface area contributed by atoms with Crippen molar-refractivity contribution < 1.29 is 13.2 Å². The zero-order valence-corrected chi connectivity index (χ0v) is 12.6. The third-order valence-electron chi connectivity index (χ3n) is 3.84. The topological polar surface area (TPSA) is 81.4 Å². The molecule has 0 amide bonds. The molecule has 0 aromatic heterocycles. The number of nitrogens with two attached hydrogens (primary N) is 1. The molecule has 1 fully saturated rings. The van der Waals surface area contributed by atoms with Crippen LogP contribution >= 0.6 is 0 Å². The minimum Gasteiger partial charge on any atom is -0.381 e. The predicted molar refractivity (Wildman–Crippen MR) is 79.6 cm³/mol. The van der Waals surface area contributed by atoms with Crippen molar-refractivity contribution in [2.24, 2.45) is 5.73 Å². The summed E-state index contributed by atoms with van der Waals surface area (Å²) in [5.74, 6) is 0.0877. The van der Waals surface area contributed by atoms with Gasteiger partial charge in [0.1, 0.15) is 0 Å². The van der Waals surface area contributed by atoms with Crippen LogP contribution in [-0.2, 0) is 14.6 Å². The number of anilines is 1. The van der Waals surface area contributed by atoms with Gasteiger partial charge in [-0.1, -0.05) is 19.1 Å². The van der Waals surface area contributed by atoms with Gasteiger partial charge in [-0.3, -0.25) is 0 Å². The molecular formula is C14H22N2O3S. The summed E-state index contributed by atoms with van der Waals surface area (Å²) in [4.78, 5) is 0.349. The summed E-state index contributed by atoms with van der Waals surface area (Å²) in [5.41, 5.74) is 6.27. The van der Waals surface area contributed by atoms with Crippen molar-refractivity contribution in [1.29, 1.82) is 0 Å². The maximum Gasteiger partial charge on any atom is 0.180 e. The molecule has 0 aliphatic carbocycles. The van der Waals surface area contributed by atoms with Gasteiger partial charge in [-0.15, -0.1) is 0 Å². The van der Waals surface area contributed by atoms with Crippen LogP contribution in [0.15, 0.2) is 29.2 Å². The summed E-state index contributed by atoms with van der Waals surface area (Å²) in [5, 5.41) is 3.37. The molecular weight excluding hydrogens is 276 g/mol. The summed E-state index contributed by atoms with van der Waals surface area (Å²) < 4.78 is 29.7. The molecule has 0 bridgehead atoms. The fourth-order valence-corrected chi connectivity index (χ4v) is 3.48. The summed E-state index contributed by atoms with van der Waals surface area (Å²) in [6.45, 7) is 3.40. The standard InChI is InChI=1S/C14H22N2O3S/c1-2-20(17,18)13-6-4-3-5-12(13)16-14(11-15)7-9-19-10-8-14/h3-6,16H,2,7-11,15H2,1H3. The second kappa shape index (κ2) is 6.11. The zero-order chi connectivity index (χ0) is 14.6. The molecule has 0 unspecified atom stereocenters. The SMILES string of the molecule is CCS(=O)(=O)c1ccccc1NC1(CN)CCOCC1. The van der Waals surface area contributed by atoms with E-state index >= 15 is 0 Å². The van der Waals surface area contributed by atoms with E-state index in [1.807, 2.05) is 6.07 Å². The fourth-order valence-electron chi connectivity index (χ4n) is 2.42. The molecule has 1 saturated heterocycles. The van der Waals surface area contributed by atoms with Gasteiger partial charge >= 0.3 is 0 Å². The fraction of sp³-hybridized carbons (Fsp3) is 0.571. The largest absolute Gasteiger partial charge is 0.381 e. The highest BCUT2D eigenvalue weighted by Gasteiger charge is 2.32. The summed E-state index contributed by atoms with van der Waals surface area (Å²) in [6, 6.07) is 7.02. The van der Waals surface area contributed by atoms with E-state index in [9.17, 15) is 8.42 Å². The molecule has 5 nitrogen and oxygen atoms in total. The lowest BCUT2D eigenvalue weighted by atomic mass is 9.90. The Kier molecular flexibility index (Phi) is 4.67. The lowest BCUT2D eigenvalue weighted by Crippen LogP contribution is -2.49. The average Bonchev–Trinajstić information content (AvgIpc) is 2.48. The van der Waals surface area contributed by atoms with Crippen molar-refractivity contribution in [3.8, 4) is 0 Å². The average molecular weight is 298 g/mol. The van der Waals surface area contributed by atoms with E-state index in [4.69, 9.17) is 10.5 Å². The van der Waals surface area contributed by atoms with Crippen molar-refractivity contribution >= 4 is 15.5 Å². The molecule has 1 aliphatic heterocycles. The lowest BCUT2D eigenvalue weighted by Gasteiger charge is -2.38.